The van der Waals surface area contributed by atoms with Crippen LogP contribution in [0.4, 0.5) is 0 Å². The van der Waals surface area contributed by atoms with Gasteiger partial charge in [0, 0.05) is 13.0 Å². The van der Waals surface area contributed by atoms with E-state index in [0.29, 0.717) is 11.8 Å². The first-order valence-corrected chi connectivity index (χ1v) is 7.11. The van der Waals surface area contributed by atoms with Gasteiger partial charge < -0.3 is 9.73 Å². The third-order valence-electron chi connectivity index (χ3n) is 2.97. The van der Waals surface area contributed by atoms with Gasteiger partial charge in [-0.2, -0.15) is 10.2 Å². The second-order valence-corrected chi connectivity index (χ2v) is 4.70. The van der Waals surface area contributed by atoms with Gasteiger partial charge in [0.15, 0.2) is 0 Å². The van der Waals surface area contributed by atoms with E-state index in [0.717, 1.165) is 49.3 Å². The maximum atomic E-state index is 5.72. The second-order valence-electron chi connectivity index (χ2n) is 4.70. The van der Waals surface area contributed by atoms with Crippen molar-refractivity contribution in [1.29, 1.82) is 0 Å². The maximum absolute atomic E-state index is 5.72. The monoisotopic (exact) mass is 275 g/mol. The van der Waals surface area contributed by atoms with Crippen LogP contribution in [0.1, 0.15) is 37.5 Å². The standard InChI is InChI=1S/C14H21N5O/c1-4-7-15-8-6-13-18-19-14(20-13)11-9-10(3)16-17-12(11)5-2/h9,15H,4-8H2,1-3H3. The molecule has 0 bridgehead atoms. The average Bonchev–Trinajstić information content (AvgIpc) is 2.92. The Labute approximate surface area is 119 Å². The molecule has 1 N–H and O–H groups in total. The van der Waals surface area contributed by atoms with Gasteiger partial charge in [0.25, 0.3) is 0 Å². The van der Waals surface area contributed by atoms with Crippen molar-refractivity contribution in [2.45, 2.75) is 40.0 Å². The van der Waals surface area contributed by atoms with Gasteiger partial charge in [-0.05, 0) is 32.4 Å². The fourth-order valence-corrected chi connectivity index (χ4v) is 1.92. The van der Waals surface area contributed by atoms with E-state index in [1.54, 1.807) is 0 Å². The minimum atomic E-state index is 0.533. The van der Waals surface area contributed by atoms with E-state index in [2.05, 4.69) is 32.6 Å². The Hall–Kier alpha value is -1.82. The molecule has 6 heteroatoms. The topological polar surface area (TPSA) is 76.7 Å². The van der Waals surface area contributed by atoms with Crippen molar-refractivity contribution in [3.63, 3.8) is 0 Å². The minimum absolute atomic E-state index is 0.533. The summed E-state index contributed by atoms with van der Waals surface area (Å²) in [5.74, 6) is 1.19. The first-order valence-electron chi connectivity index (χ1n) is 7.11. The molecule has 0 saturated heterocycles. The van der Waals surface area contributed by atoms with Crippen LogP contribution >= 0.6 is 0 Å². The van der Waals surface area contributed by atoms with Crippen LogP contribution in [0.5, 0.6) is 0 Å². The summed E-state index contributed by atoms with van der Waals surface area (Å²) in [5.41, 5.74) is 2.62. The lowest BCUT2D eigenvalue weighted by atomic mass is 10.1. The summed E-state index contributed by atoms with van der Waals surface area (Å²) in [6.45, 7) is 7.94. The molecule has 0 atom stereocenters. The molecule has 2 rings (SSSR count). The summed E-state index contributed by atoms with van der Waals surface area (Å²) in [4.78, 5) is 0. The third-order valence-corrected chi connectivity index (χ3v) is 2.97. The van der Waals surface area contributed by atoms with E-state index < -0.39 is 0 Å². The van der Waals surface area contributed by atoms with Crippen LogP contribution in [-0.2, 0) is 12.8 Å². The molecule has 6 nitrogen and oxygen atoms in total. The zero-order valence-corrected chi connectivity index (χ0v) is 12.3. The zero-order valence-electron chi connectivity index (χ0n) is 12.3. The van der Waals surface area contributed by atoms with Crippen molar-refractivity contribution >= 4 is 0 Å². The van der Waals surface area contributed by atoms with Gasteiger partial charge in [-0.25, -0.2) is 0 Å². The van der Waals surface area contributed by atoms with Gasteiger partial charge in [-0.15, -0.1) is 10.2 Å². The maximum Gasteiger partial charge on any atom is 0.249 e. The van der Waals surface area contributed by atoms with Crippen LogP contribution in [0.25, 0.3) is 11.5 Å². The molecule has 0 amide bonds. The molecule has 2 aromatic rings. The van der Waals surface area contributed by atoms with E-state index in [9.17, 15) is 0 Å². The summed E-state index contributed by atoms with van der Waals surface area (Å²) in [6, 6.07) is 1.94. The summed E-state index contributed by atoms with van der Waals surface area (Å²) in [7, 11) is 0. The molecular formula is C14H21N5O. The molecule has 20 heavy (non-hydrogen) atoms. The number of rotatable bonds is 7. The van der Waals surface area contributed by atoms with Gasteiger partial charge in [0.05, 0.1) is 17.0 Å². The molecule has 0 aromatic carbocycles. The zero-order chi connectivity index (χ0) is 14.4. The largest absolute Gasteiger partial charge is 0.421 e. The molecule has 0 radical (unpaired) electrons. The van der Waals surface area contributed by atoms with Gasteiger partial charge in [0.2, 0.25) is 11.8 Å². The van der Waals surface area contributed by atoms with Crippen LogP contribution in [0.3, 0.4) is 0 Å². The SMILES string of the molecule is CCCNCCc1nnc(-c2cc(C)nnc2CC)o1. The van der Waals surface area contributed by atoms with Crippen molar-refractivity contribution in [2.24, 2.45) is 0 Å². The lowest BCUT2D eigenvalue weighted by Crippen LogP contribution is -2.17. The van der Waals surface area contributed by atoms with Crippen molar-refractivity contribution < 1.29 is 4.42 Å². The van der Waals surface area contributed by atoms with Crippen LogP contribution in [0.2, 0.25) is 0 Å². The van der Waals surface area contributed by atoms with E-state index in [-0.39, 0.29) is 0 Å². The highest BCUT2D eigenvalue weighted by molar-refractivity contribution is 5.56. The number of aromatic nitrogens is 4. The van der Waals surface area contributed by atoms with Crippen molar-refractivity contribution in [2.75, 3.05) is 13.1 Å². The quantitative estimate of drug-likeness (QED) is 0.778. The van der Waals surface area contributed by atoms with Crippen molar-refractivity contribution in [3.05, 3.63) is 23.3 Å². The van der Waals surface area contributed by atoms with Crippen molar-refractivity contribution in [3.8, 4) is 11.5 Å². The van der Waals surface area contributed by atoms with Gasteiger partial charge in [-0.1, -0.05) is 13.8 Å². The third kappa shape index (κ3) is 3.60. The highest BCUT2D eigenvalue weighted by atomic mass is 16.4. The summed E-state index contributed by atoms with van der Waals surface area (Å²) < 4.78 is 5.72. The molecule has 0 unspecified atom stereocenters. The molecule has 0 aliphatic rings. The summed E-state index contributed by atoms with van der Waals surface area (Å²) in [5, 5.41) is 19.8. The Morgan fingerprint density at radius 3 is 2.70 bits per heavy atom. The molecule has 108 valence electrons. The van der Waals surface area contributed by atoms with Crippen LogP contribution < -0.4 is 5.32 Å². The molecule has 0 aliphatic carbocycles. The fraction of sp³-hybridized carbons (Fsp3) is 0.571. The van der Waals surface area contributed by atoms with E-state index in [1.165, 1.54) is 0 Å². The predicted molar refractivity (Wildman–Crippen MR) is 76.3 cm³/mol. The Morgan fingerprint density at radius 1 is 1.10 bits per heavy atom. The molecule has 0 spiro atoms. The van der Waals surface area contributed by atoms with Crippen LogP contribution in [0.15, 0.2) is 10.5 Å². The van der Waals surface area contributed by atoms with E-state index in [1.807, 2.05) is 19.9 Å². The normalized spacial score (nSPS) is 10.9. The number of nitrogens with one attached hydrogen (secondary N) is 1. The summed E-state index contributed by atoms with van der Waals surface area (Å²) >= 11 is 0. The minimum Gasteiger partial charge on any atom is -0.421 e. The van der Waals surface area contributed by atoms with Gasteiger partial charge in [-0.3, -0.25) is 0 Å². The number of hydrogen-bond donors (Lipinski definition) is 1. The molecule has 2 heterocycles. The molecule has 2 aromatic heterocycles. The lowest BCUT2D eigenvalue weighted by Gasteiger charge is -2.02. The smallest absolute Gasteiger partial charge is 0.249 e. The first kappa shape index (κ1) is 14.6. The van der Waals surface area contributed by atoms with Crippen LogP contribution in [-0.4, -0.2) is 33.5 Å². The fourth-order valence-electron chi connectivity index (χ4n) is 1.92. The highest BCUT2D eigenvalue weighted by Crippen LogP contribution is 2.21. The van der Waals surface area contributed by atoms with Gasteiger partial charge >= 0.3 is 0 Å². The molecular weight excluding hydrogens is 254 g/mol. The number of hydrogen-bond acceptors (Lipinski definition) is 6. The summed E-state index contributed by atoms with van der Waals surface area (Å²) in [6.07, 6.45) is 2.65. The van der Waals surface area contributed by atoms with Crippen LogP contribution in [0, 0.1) is 6.92 Å². The number of nitrogens with zero attached hydrogens (tertiary/aromatic N) is 4. The predicted octanol–water partition coefficient (Wildman–Crippen LogP) is 1.94. The van der Waals surface area contributed by atoms with E-state index in [4.69, 9.17) is 4.42 Å². The number of aryl methyl sites for hydroxylation is 2. The van der Waals surface area contributed by atoms with Gasteiger partial charge in [0.1, 0.15) is 0 Å². The molecule has 0 aliphatic heterocycles. The molecule has 0 saturated carbocycles. The average molecular weight is 275 g/mol. The Balaban J connectivity index is 2.10. The highest BCUT2D eigenvalue weighted by Gasteiger charge is 2.13. The Morgan fingerprint density at radius 2 is 1.95 bits per heavy atom. The second kappa shape index (κ2) is 7.09. The Bertz CT molecular complexity index is 552. The first-order chi connectivity index (χ1) is 9.74. The molecule has 0 fully saturated rings. The lowest BCUT2D eigenvalue weighted by molar-refractivity contribution is 0.493. The van der Waals surface area contributed by atoms with E-state index >= 15 is 0 Å². The Kier molecular flexibility index (Phi) is 5.17. The van der Waals surface area contributed by atoms with Crippen molar-refractivity contribution in [1.82, 2.24) is 25.7 Å².